The standard InChI is InChI=1S/C12H10.C4H8O2/c1-3-7-11(8-4-1)12-9-5-2-6-10-12;1-2-3-4(5)6/h1-10H;2-3H2,1H3,(H,5,6). The number of hydrogen-bond donors (Lipinski definition) is 1. The maximum absolute atomic E-state index is 9.60. The van der Waals surface area contributed by atoms with E-state index in [-0.39, 0.29) is 0 Å². The second-order valence-corrected chi connectivity index (χ2v) is 3.88. The van der Waals surface area contributed by atoms with Crippen molar-refractivity contribution in [2.24, 2.45) is 0 Å². The fourth-order valence-electron chi connectivity index (χ4n) is 1.48. The van der Waals surface area contributed by atoms with E-state index in [4.69, 9.17) is 5.11 Å². The van der Waals surface area contributed by atoms with Gasteiger partial charge >= 0.3 is 5.97 Å². The van der Waals surface area contributed by atoms with Gasteiger partial charge in [0.2, 0.25) is 0 Å². The fraction of sp³-hybridized carbons (Fsp3) is 0.188. The van der Waals surface area contributed by atoms with Crippen LogP contribution in [0.3, 0.4) is 0 Å². The molecule has 0 saturated heterocycles. The molecule has 94 valence electrons. The van der Waals surface area contributed by atoms with Crippen molar-refractivity contribution >= 4 is 5.97 Å². The quantitative estimate of drug-likeness (QED) is 0.874. The summed E-state index contributed by atoms with van der Waals surface area (Å²) in [7, 11) is 0. The largest absolute Gasteiger partial charge is 0.481 e. The van der Waals surface area contributed by atoms with Crippen molar-refractivity contribution in [2.75, 3.05) is 0 Å². The zero-order chi connectivity index (χ0) is 13.2. The SMILES string of the molecule is CCCC(=O)O.c1ccc(-c2ccccc2)cc1. The summed E-state index contributed by atoms with van der Waals surface area (Å²) in [6.07, 6.45) is 1.02. The topological polar surface area (TPSA) is 37.3 Å². The fourth-order valence-corrected chi connectivity index (χ4v) is 1.48. The molecule has 2 nitrogen and oxygen atoms in total. The lowest BCUT2D eigenvalue weighted by Crippen LogP contribution is -1.90. The second kappa shape index (κ2) is 8.07. The number of carboxylic acid groups (broad SMARTS) is 1. The average Bonchev–Trinajstić information content (AvgIpc) is 2.41. The van der Waals surface area contributed by atoms with Crippen LogP contribution >= 0.6 is 0 Å². The summed E-state index contributed by atoms with van der Waals surface area (Å²) < 4.78 is 0. The Morgan fingerprint density at radius 2 is 1.28 bits per heavy atom. The van der Waals surface area contributed by atoms with Gasteiger partial charge in [-0.05, 0) is 17.5 Å². The van der Waals surface area contributed by atoms with Gasteiger partial charge in [-0.1, -0.05) is 67.6 Å². The molecule has 0 fully saturated rings. The minimum atomic E-state index is -0.711. The zero-order valence-electron chi connectivity index (χ0n) is 10.5. The van der Waals surface area contributed by atoms with Crippen molar-refractivity contribution < 1.29 is 9.90 Å². The van der Waals surface area contributed by atoms with Crippen LogP contribution in [-0.4, -0.2) is 11.1 Å². The molecule has 0 aliphatic carbocycles. The van der Waals surface area contributed by atoms with Crippen molar-refractivity contribution in [2.45, 2.75) is 19.8 Å². The molecule has 18 heavy (non-hydrogen) atoms. The summed E-state index contributed by atoms with van der Waals surface area (Å²) in [6.45, 7) is 1.84. The molecule has 0 aliphatic rings. The van der Waals surface area contributed by atoms with E-state index < -0.39 is 5.97 Å². The molecule has 2 aromatic rings. The lowest BCUT2D eigenvalue weighted by molar-refractivity contribution is -0.137. The summed E-state index contributed by atoms with van der Waals surface area (Å²) in [5.74, 6) is -0.711. The van der Waals surface area contributed by atoms with E-state index in [2.05, 4.69) is 48.5 Å². The molecule has 0 heterocycles. The maximum atomic E-state index is 9.60. The lowest BCUT2D eigenvalue weighted by Gasteiger charge is -1.98. The van der Waals surface area contributed by atoms with E-state index in [1.807, 2.05) is 19.1 Å². The van der Waals surface area contributed by atoms with Gasteiger partial charge in [-0.3, -0.25) is 4.79 Å². The Morgan fingerprint density at radius 3 is 1.50 bits per heavy atom. The van der Waals surface area contributed by atoms with Crippen LogP contribution in [0, 0.1) is 0 Å². The van der Waals surface area contributed by atoms with Gasteiger partial charge in [0.15, 0.2) is 0 Å². The monoisotopic (exact) mass is 242 g/mol. The Hall–Kier alpha value is -2.09. The van der Waals surface area contributed by atoms with Crippen molar-refractivity contribution in [3.63, 3.8) is 0 Å². The highest BCUT2D eigenvalue weighted by Gasteiger charge is 1.91. The molecule has 2 heteroatoms. The van der Waals surface area contributed by atoms with Gasteiger partial charge in [0, 0.05) is 6.42 Å². The highest BCUT2D eigenvalue weighted by Crippen LogP contribution is 2.17. The third-order valence-corrected chi connectivity index (χ3v) is 2.34. The zero-order valence-corrected chi connectivity index (χ0v) is 10.5. The van der Waals surface area contributed by atoms with E-state index in [9.17, 15) is 4.79 Å². The van der Waals surface area contributed by atoms with E-state index >= 15 is 0 Å². The first-order chi connectivity index (χ1) is 8.74. The van der Waals surface area contributed by atoms with Gasteiger partial charge in [0.25, 0.3) is 0 Å². The highest BCUT2D eigenvalue weighted by atomic mass is 16.4. The Balaban J connectivity index is 0.000000232. The summed E-state index contributed by atoms with van der Waals surface area (Å²) in [6, 6.07) is 20.8. The molecule has 1 N–H and O–H groups in total. The summed E-state index contributed by atoms with van der Waals surface area (Å²) >= 11 is 0. The van der Waals surface area contributed by atoms with Gasteiger partial charge in [0.05, 0.1) is 0 Å². The van der Waals surface area contributed by atoms with Gasteiger partial charge in [-0.25, -0.2) is 0 Å². The van der Waals surface area contributed by atoms with Crippen LogP contribution in [0.2, 0.25) is 0 Å². The summed E-state index contributed by atoms with van der Waals surface area (Å²) in [4.78, 5) is 9.60. The highest BCUT2D eigenvalue weighted by molar-refractivity contribution is 5.66. The van der Waals surface area contributed by atoms with Crippen LogP contribution in [0.5, 0.6) is 0 Å². The van der Waals surface area contributed by atoms with Crippen LogP contribution < -0.4 is 0 Å². The molecule has 0 aromatic heterocycles. The van der Waals surface area contributed by atoms with Crippen molar-refractivity contribution in [3.05, 3.63) is 60.7 Å². The van der Waals surface area contributed by atoms with Crippen LogP contribution in [0.25, 0.3) is 11.1 Å². The predicted molar refractivity (Wildman–Crippen MR) is 74.4 cm³/mol. The predicted octanol–water partition coefficient (Wildman–Crippen LogP) is 4.22. The number of carbonyl (C=O) groups is 1. The minimum absolute atomic E-state index is 0.292. The first kappa shape index (κ1) is 14.0. The van der Waals surface area contributed by atoms with E-state index in [0.717, 1.165) is 6.42 Å². The number of rotatable bonds is 3. The lowest BCUT2D eigenvalue weighted by atomic mass is 10.1. The number of carboxylic acids is 1. The maximum Gasteiger partial charge on any atom is 0.303 e. The molecule has 0 radical (unpaired) electrons. The molecule has 0 amide bonds. The van der Waals surface area contributed by atoms with E-state index in [1.54, 1.807) is 0 Å². The number of benzene rings is 2. The first-order valence-electron chi connectivity index (χ1n) is 6.06. The Morgan fingerprint density at radius 1 is 0.889 bits per heavy atom. The molecular formula is C16H18O2. The Labute approximate surface area is 108 Å². The molecule has 0 spiro atoms. The number of aliphatic carboxylic acids is 1. The molecule has 0 saturated carbocycles. The normalized spacial score (nSPS) is 9.17. The Bertz CT molecular complexity index is 412. The summed E-state index contributed by atoms with van der Waals surface area (Å²) in [5.41, 5.74) is 2.55. The van der Waals surface area contributed by atoms with Gasteiger partial charge < -0.3 is 5.11 Å². The van der Waals surface area contributed by atoms with Crippen LogP contribution in [-0.2, 0) is 4.79 Å². The first-order valence-corrected chi connectivity index (χ1v) is 6.06. The third-order valence-electron chi connectivity index (χ3n) is 2.34. The third kappa shape index (κ3) is 5.30. The second-order valence-electron chi connectivity index (χ2n) is 3.88. The average molecular weight is 242 g/mol. The van der Waals surface area contributed by atoms with Crippen molar-refractivity contribution in [1.29, 1.82) is 0 Å². The molecule has 2 rings (SSSR count). The molecule has 0 atom stereocenters. The van der Waals surface area contributed by atoms with Crippen LogP contribution in [0.4, 0.5) is 0 Å². The minimum Gasteiger partial charge on any atom is -0.481 e. The van der Waals surface area contributed by atoms with Gasteiger partial charge in [-0.15, -0.1) is 0 Å². The summed E-state index contributed by atoms with van der Waals surface area (Å²) in [5, 5.41) is 7.91. The van der Waals surface area contributed by atoms with Crippen molar-refractivity contribution in [1.82, 2.24) is 0 Å². The van der Waals surface area contributed by atoms with E-state index in [0.29, 0.717) is 6.42 Å². The Kier molecular flexibility index (Phi) is 6.26. The van der Waals surface area contributed by atoms with Crippen LogP contribution in [0.1, 0.15) is 19.8 Å². The van der Waals surface area contributed by atoms with Gasteiger partial charge in [0.1, 0.15) is 0 Å². The molecular weight excluding hydrogens is 224 g/mol. The van der Waals surface area contributed by atoms with Gasteiger partial charge in [-0.2, -0.15) is 0 Å². The molecule has 0 aliphatic heterocycles. The van der Waals surface area contributed by atoms with Crippen molar-refractivity contribution in [3.8, 4) is 11.1 Å². The van der Waals surface area contributed by atoms with Crippen LogP contribution in [0.15, 0.2) is 60.7 Å². The molecule has 0 unspecified atom stereocenters. The number of hydrogen-bond acceptors (Lipinski definition) is 1. The van der Waals surface area contributed by atoms with E-state index in [1.165, 1.54) is 11.1 Å². The smallest absolute Gasteiger partial charge is 0.303 e. The molecule has 0 bridgehead atoms. The molecule has 2 aromatic carbocycles.